The van der Waals surface area contributed by atoms with Crippen molar-refractivity contribution in [2.45, 2.75) is 13.3 Å². The summed E-state index contributed by atoms with van der Waals surface area (Å²) in [5.74, 6) is -0.239. The van der Waals surface area contributed by atoms with E-state index < -0.39 is 0 Å². The van der Waals surface area contributed by atoms with E-state index in [0.717, 1.165) is 11.1 Å². The van der Waals surface area contributed by atoms with E-state index in [1.54, 1.807) is 16.7 Å². The van der Waals surface area contributed by atoms with E-state index in [9.17, 15) is 4.39 Å². The molecular formula is C13H14FNO. The molecule has 1 N–H and O–H groups in total. The second kappa shape index (κ2) is 4.49. The summed E-state index contributed by atoms with van der Waals surface area (Å²) < 4.78 is 15.3. The molecule has 2 aromatic rings. The first-order valence-electron chi connectivity index (χ1n) is 5.25. The molecule has 0 radical (unpaired) electrons. The van der Waals surface area contributed by atoms with Gasteiger partial charge in [0.1, 0.15) is 5.82 Å². The summed E-state index contributed by atoms with van der Waals surface area (Å²) >= 11 is 0. The van der Waals surface area contributed by atoms with Crippen LogP contribution in [0.2, 0.25) is 0 Å². The first-order chi connectivity index (χ1) is 7.70. The van der Waals surface area contributed by atoms with Crippen LogP contribution in [0, 0.1) is 12.7 Å². The minimum Gasteiger partial charge on any atom is -0.396 e. The fraction of sp³-hybridized carbons (Fsp3) is 0.231. The first-order valence-corrected chi connectivity index (χ1v) is 5.25. The van der Waals surface area contributed by atoms with Gasteiger partial charge in [-0.05, 0) is 42.7 Å². The highest BCUT2D eigenvalue weighted by Crippen LogP contribution is 2.16. The normalized spacial score (nSPS) is 10.7. The second-order valence-corrected chi connectivity index (χ2v) is 3.86. The Morgan fingerprint density at radius 2 is 2.12 bits per heavy atom. The van der Waals surface area contributed by atoms with Crippen LogP contribution < -0.4 is 0 Å². The van der Waals surface area contributed by atoms with Gasteiger partial charge in [-0.25, -0.2) is 4.39 Å². The average molecular weight is 219 g/mol. The topological polar surface area (TPSA) is 25.2 Å². The summed E-state index contributed by atoms with van der Waals surface area (Å²) in [4.78, 5) is 0. The van der Waals surface area contributed by atoms with Gasteiger partial charge in [0, 0.05) is 19.0 Å². The molecule has 0 atom stereocenters. The minimum absolute atomic E-state index is 0.111. The van der Waals surface area contributed by atoms with Crippen molar-refractivity contribution >= 4 is 0 Å². The Morgan fingerprint density at radius 3 is 2.88 bits per heavy atom. The number of aliphatic hydroxyl groups excluding tert-OH is 1. The third-order valence-corrected chi connectivity index (χ3v) is 2.53. The van der Waals surface area contributed by atoms with Gasteiger partial charge in [-0.1, -0.05) is 6.07 Å². The van der Waals surface area contributed by atoms with Crippen LogP contribution in [0.15, 0.2) is 36.7 Å². The predicted octanol–water partition coefficient (Wildman–Crippen LogP) is 2.46. The number of nitrogens with zero attached hydrogens (tertiary/aromatic N) is 1. The largest absolute Gasteiger partial charge is 0.396 e. The lowest BCUT2D eigenvalue weighted by atomic mass is 10.2. The number of hydrogen-bond donors (Lipinski definition) is 1. The SMILES string of the molecule is Cc1ccc(F)c(-n2ccc(CCO)c2)c1. The van der Waals surface area contributed by atoms with Crippen LogP contribution in [0.4, 0.5) is 4.39 Å². The van der Waals surface area contributed by atoms with Gasteiger partial charge in [-0.3, -0.25) is 0 Å². The highest BCUT2D eigenvalue weighted by Gasteiger charge is 2.05. The third-order valence-electron chi connectivity index (χ3n) is 2.53. The number of aromatic nitrogens is 1. The van der Waals surface area contributed by atoms with Crippen LogP contribution in [-0.2, 0) is 6.42 Å². The van der Waals surface area contributed by atoms with Crippen LogP contribution in [0.5, 0.6) is 0 Å². The average Bonchev–Trinajstić information content (AvgIpc) is 2.71. The molecule has 1 aromatic carbocycles. The summed E-state index contributed by atoms with van der Waals surface area (Å²) in [5, 5.41) is 8.81. The summed E-state index contributed by atoms with van der Waals surface area (Å²) in [6.07, 6.45) is 4.25. The molecule has 0 saturated carbocycles. The van der Waals surface area contributed by atoms with Gasteiger partial charge < -0.3 is 9.67 Å². The number of rotatable bonds is 3. The summed E-state index contributed by atoms with van der Waals surface area (Å²) in [7, 11) is 0. The van der Waals surface area contributed by atoms with Crippen molar-refractivity contribution in [1.82, 2.24) is 4.57 Å². The van der Waals surface area contributed by atoms with Gasteiger partial charge >= 0.3 is 0 Å². The second-order valence-electron chi connectivity index (χ2n) is 3.86. The van der Waals surface area contributed by atoms with Gasteiger partial charge in [-0.15, -0.1) is 0 Å². The molecular weight excluding hydrogens is 205 g/mol. The monoisotopic (exact) mass is 219 g/mol. The first kappa shape index (κ1) is 10.9. The molecule has 1 aromatic heterocycles. The summed E-state index contributed by atoms with van der Waals surface area (Å²) in [5.41, 5.74) is 2.57. The van der Waals surface area contributed by atoms with Crippen molar-refractivity contribution in [2.24, 2.45) is 0 Å². The Bertz CT molecular complexity index is 490. The lowest BCUT2D eigenvalue weighted by Crippen LogP contribution is -1.95. The Kier molecular flexibility index (Phi) is 3.06. The van der Waals surface area contributed by atoms with Crippen LogP contribution in [0.3, 0.4) is 0 Å². The molecule has 0 saturated heterocycles. The number of aryl methyl sites for hydroxylation is 1. The number of benzene rings is 1. The van der Waals surface area contributed by atoms with Crippen molar-refractivity contribution in [1.29, 1.82) is 0 Å². The van der Waals surface area contributed by atoms with E-state index in [2.05, 4.69) is 0 Å². The zero-order valence-electron chi connectivity index (χ0n) is 9.15. The predicted molar refractivity (Wildman–Crippen MR) is 61.3 cm³/mol. The number of halogens is 1. The zero-order valence-corrected chi connectivity index (χ0v) is 9.15. The van der Waals surface area contributed by atoms with Crippen molar-refractivity contribution < 1.29 is 9.50 Å². The maximum absolute atomic E-state index is 13.6. The standard InChI is InChI=1S/C13H14FNO/c1-10-2-3-12(14)13(8-10)15-6-4-11(9-15)5-7-16/h2-4,6,8-9,16H,5,7H2,1H3. The Morgan fingerprint density at radius 1 is 1.31 bits per heavy atom. The Hall–Kier alpha value is -1.61. The van der Waals surface area contributed by atoms with Crippen molar-refractivity contribution in [3.63, 3.8) is 0 Å². The van der Waals surface area contributed by atoms with E-state index in [0.29, 0.717) is 12.1 Å². The van der Waals surface area contributed by atoms with E-state index >= 15 is 0 Å². The molecule has 2 nitrogen and oxygen atoms in total. The van der Waals surface area contributed by atoms with Crippen molar-refractivity contribution in [3.05, 3.63) is 53.6 Å². The van der Waals surface area contributed by atoms with Gasteiger partial charge in [0.05, 0.1) is 5.69 Å². The molecule has 3 heteroatoms. The van der Waals surface area contributed by atoms with Crippen LogP contribution in [0.1, 0.15) is 11.1 Å². The van der Waals surface area contributed by atoms with Crippen molar-refractivity contribution in [2.75, 3.05) is 6.61 Å². The van der Waals surface area contributed by atoms with Gasteiger partial charge in [0.25, 0.3) is 0 Å². The van der Waals surface area contributed by atoms with Crippen LogP contribution >= 0.6 is 0 Å². The smallest absolute Gasteiger partial charge is 0.147 e. The fourth-order valence-electron chi connectivity index (χ4n) is 1.69. The molecule has 0 aliphatic rings. The summed E-state index contributed by atoms with van der Waals surface area (Å²) in [6.45, 7) is 2.04. The number of hydrogen-bond acceptors (Lipinski definition) is 1. The summed E-state index contributed by atoms with van der Waals surface area (Å²) in [6, 6.07) is 6.91. The molecule has 0 amide bonds. The van der Waals surface area contributed by atoms with Gasteiger partial charge in [0.15, 0.2) is 0 Å². The Labute approximate surface area is 94.0 Å². The third kappa shape index (κ3) is 2.14. The molecule has 0 spiro atoms. The Balaban J connectivity index is 2.38. The molecule has 2 rings (SSSR count). The highest BCUT2D eigenvalue weighted by atomic mass is 19.1. The molecule has 16 heavy (non-hydrogen) atoms. The van der Waals surface area contributed by atoms with E-state index in [-0.39, 0.29) is 12.4 Å². The number of aliphatic hydroxyl groups is 1. The van der Waals surface area contributed by atoms with Crippen molar-refractivity contribution in [3.8, 4) is 5.69 Å². The molecule has 0 aliphatic heterocycles. The minimum atomic E-state index is -0.239. The van der Waals surface area contributed by atoms with E-state index in [1.807, 2.05) is 25.4 Å². The maximum Gasteiger partial charge on any atom is 0.147 e. The maximum atomic E-state index is 13.6. The molecule has 0 unspecified atom stereocenters. The molecule has 84 valence electrons. The van der Waals surface area contributed by atoms with Gasteiger partial charge in [-0.2, -0.15) is 0 Å². The van der Waals surface area contributed by atoms with Crippen LogP contribution in [0.25, 0.3) is 5.69 Å². The highest BCUT2D eigenvalue weighted by molar-refractivity contribution is 5.38. The molecule has 0 fully saturated rings. The molecule has 1 heterocycles. The lowest BCUT2D eigenvalue weighted by Gasteiger charge is -2.05. The lowest BCUT2D eigenvalue weighted by molar-refractivity contribution is 0.299. The zero-order chi connectivity index (χ0) is 11.5. The van der Waals surface area contributed by atoms with Crippen LogP contribution in [-0.4, -0.2) is 16.3 Å². The molecule has 0 bridgehead atoms. The van der Waals surface area contributed by atoms with E-state index in [1.165, 1.54) is 6.07 Å². The fourth-order valence-corrected chi connectivity index (χ4v) is 1.69. The quantitative estimate of drug-likeness (QED) is 0.842. The van der Waals surface area contributed by atoms with E-state index in [4.69, 9.17) is 5.11 Å². The molecule has 0 aliphatic carbocycles. The van der Waals surface area contributed by atoms with Gasteiger partial charge in [0.2, 0.25) is 0 Å².